The van der Waals surface area contributed by atoms with E-state index in [0.717, 1.165) is 4.90 Å². The molecule has 1 saturated heterocycles. The van der Waals surface area contributed by atoms with Crippen LogP contribution in [0.15, 0.2) is 29.2 Å². The number of nitrogens with one attached hydrogen (secondary N) is 1. The molecule has 1 aliphatic rings. The minimum absolute atomic E-state index is 0.0511. The van der Waals surface area contributed by atoms with Crippen LogP contribution < -0.4 is 5.32 Å². The smallest absolute Gasteiger partial charge is 0.230 e. The van der Waals surface area contributed by atoms with Crippen LogP contribution in [0.5, 0.6) is 0 Å². The van der Waals surface area contributed by atoms with Crippen LogP contribution in [0.4, 0.5) is 0 Å². The molecule has 0 bridgehead atoms. The highest BCUT2D eigenvalue weighted by molar-refractivity contribution is 8.00. The Balaban J connectivity index is 1.81. The zero-order valence-corrected chi connectivity index (χ0v) is 12.5. The maximum Gasteiger partial charge on any atom is 0.230 e. The average Bonchev–Trinajstić information content (AvgIpc) is 2.67. The summed E-state index contributed by atoms with van der Waals surface area (Å²) in [5.41, 5.74) is 0. The van der Waals surface area contributed by atoms with Crippen molar-refractivity contribution in [3.05, 3.63) is 29.3 Å². The lowest BCUT2D eigenvalue weighted by atomic mass is 10.3. The van der Waals surface area contributed by atoms with E-state index in [9.17, 15) is 13.2 Å². The second kappa shape index (κ2) is 6.15. The number of benzene rings is 1. The lowest BCUT2D eigenvalue weighted by Gasteiger charge is -2.10. The molecule has 0 spiro atoms. The van der Waals surface area contributed by atoms with Gasteiger partial charge in [-0.25, -0.2) is 8.42 Å². The molecule has 1 aromatic carbocycles. The summed E-state index contributed by atoms with van der Waals surface area (Å²) in [4.78, 5) is 12.6. The van der Waals surface area contributed by atoms with Gasteiger partial charge in [0, 0.05) is 10.9 Å². The summed E-state index contributed by atoms with van der Waals surface area (Å²) in [5.74, 6) is 0.290. The van der Waals surface area contributed by atoms with Crippen LogP contribution in [0.25, 0.3) is 0 Å². The van der Waals surface area contributed by atoms with Crippen molar-refractivity contribution in [3.63, 3.8) is 0 Å². The Morgan fingerprint density at radius 3 is 2.79 bits per heavy atom. The molecule has 0 saturated carbocycles. The van der Waals surface area contributed by atoms with Crippen LogP contribution in [0.2, 0.25) is 5.02 Å². The fourth-order valence-electron chi connectivity index (χ4n) is 1.88. The van der Waals surface area contributed by atoms with Gasteiger partial charge in [0.1, 0.15) is 0 Å². The van der Waals surface area contributed by atoms with Crippen molar-refractivity contribution in [3.8, 4) is 0 Å². The summed E-state index contributed by atoms with van der Waals surface area (Å²) >= 11 is 7.33. The third-order valence-corrected chi connectivity index (χ3v) is 6.08. The van der Waals surface area contributed by atoms with Gasteiger partial charge in [-0.2, -0.15) is 0 Å². The van der Waals surface area contributed by atoms with E-state index in [1.165, 1.54) is 11.8 Å². The van der Waals surface area contributed by atoms with Gasteiger partial charge in [-0.3, -0.25) is 4.79 Å². The van der Waals surface area contributed by atoms with E-state index in [0.29, 0.717) is 11.4 Å². The fraction of sp³-hybridized carbons (Fsp3) is 0.417. The van der Waals surface area contributed by atoms with Crippen molar-refractivity contribution >= 4 is 39.1 Å². The predicted molar refractivity (Wildman–Crippen MR) is 77.4 cm³/mol. The normalized spacial score (nSPS) is 21.2. The van der Waals surface area contributed by atoms with E-state index < -0.39 is 9.84 Å². The van der Waals surface area contributed by atoms with Crippen molar-refractivity contribution in [2.45, 2.75) is 17.4 Å². The molecular weight excluding hydrogens is 306 g/mol. The van der Waals surface area contributed by atoms with Gasteiger partial charge in [0.05, 0.1) is 22.3 Å². The van der Waals surface area contributed by atoms with E-state index in [-0.39, 0.29) is 29.2 Å². The van der Waals surface area contributed by atoms with Gasteiger partial charge < -0.3 is 5.32 Å². The minimum atomic E-state index is -2.96. The van der Waals surface area contributed by atoms with Crippen molar-refractivity contribution in [2.24, 2.45) is 0 Å². The number of hydrogen-bond acceptors (Lipinski definition) is 4. The molecule has 1 fully saturated rings. The topological polar surface area (TPSA) is 63.2 Å². The number of sulfone groups is 1. The van der Waals surface area contributed by atoms with E-state index in [1.54, 1.807) is 6.07 Å². The molecule has 1 amide bonds. The first kappa shape index (κ1) is 14.7. The molecule has 1 aliphatic heterocycles. The van der Waals surface area contributed by atoms with E-state index in [1.807, 2.05) is 18.2 Å². The van der Waals surface area contributed by atoms with Gasteiger partial charge in [-0.1, -0.05) is 23.7 Å². The van der Waals surface area contributed by atoms with Crippen LogP contribution in [0, 0.1) is 0 Å². The standard InChI is InChI=1S/C12H14ClNO3S2/c13-10-3-1-2-4-11(10)18-7-12(15)14-9-5-6-19(16,17)8-9/h1-4,9H,5-8H2,(H,14,15)/t9-/m1/s1. The van der Waals surface area contributed by atoms with Crippen molar-refractivity contribution in [2.75, 3.05) is 17.3 Å². The zero-order chi connectivity index (χ0) is 13.9. The van der Waals surface area contributed by atoms with Crippen LogP contribution in [-0.2, 0) is 14.6 Å². The Hall–Kier alpha value is -0.720. The molecular formula is C12H14ClNO3S2. The Morgan fingerprint density at radius 2 is 2.16 bits per heavy atom. The summed E-state index contributed by atoms with van der Waals surface area (Å²) in [6, 6.07) is 7.06. The van der Waals surface area contributed by atoms with Crippen molar-refractivity contribution < 1.29 is 13.2 Å². The highest BCUT2D eigenvalue weighted by atomic mass is 35.5. The first-order valence-corrected chi connectivity index (χ1v) is 9.02. The molecule has 19 heavy (non-hydrogen) atoms. The molecule has 1 heterocycles. The van der Waals surface area contributed by atoms with E-state index >= 15 is 0 Å². The third kappa shape index (κ3) is 4.40. The first-order chi connectivity index (χ1) is 8.96. The zero-order valence-electron chi connectivity index (χ0n) is 10.1. The van der Waals surface area contributed by atoms with Gasteiger partial charge >= 0.3 is 0 Å². The van der Waals surface area contributed by atoms with Crippen LogP contribution in [-0.4, -0.2) is 37.6 Å². The number of thioether (sulfide) groups is 1. The lowest BCUT2D eigenvalue weighted by Crippen LogP contribution is -2.36. The second-order valence-electron chi connectivity index (χ2n) is 4.39. The number of rotatable bonds is 4. The summed E-state index contributed by atoms with van der Waals surface area (Å²) in [5, 5.41) is 3.36. The summed E-state index contributed by atoms with van der Waals surface area (Å²) in [6.07, 6.45) is 0.505. The number of hydrogen-bond donors (Lipinski definition) is 1. The monoisotopic (exact) mass is 319 g/mol. The number of halogens is 1. The maximum atomic E-state index is 11.7. The molecule has 4 nitrogen and oxygen atoms in total. The van der Waals surface area contributed by atoms with Gasteiger partial charge in [0.2, 0.25) is 5.91 Å². The third-order valence-electron chi connectivity index (χ3n) is 2.79. The molecule has 7 heteroatoms. The lowest BCUT2D eigenvalue weighted by molar-refractivity contribution is -0.119. The fourth-order valence-corrected chi connectivity index (χ4v) is 4.61. The van der Waals surface area contributed by atoms with E-state index in [4.69, 9.17) is 11.6 Å². The highest BCUT2D eigenvalue weighted by Crippen LogP contribution is 2.26. The predicted octanol–water partition coefficient (Wildman–Crippen LogP) is 1.74. The van der Waals surface area contributed by atoms with Crippen LogP contribution >= 0.6 is 23.4 Å². The molecule has 1 atom stereocenters. The minimum Gasteiger partial charge on any atom is -0.352 e. The number of carbonyl (C=O) groups is 1. The van der Waals surface area contributed by atoms with Crippen molar-refractivity contribution in [1.29, 1.82) is 0 Å². The molecule has 104 valence electrons. The Morgan fingerprint density at radius 1 is 1.42 bits per heavy atom. The average molecular weight is 320 g/mol. The van der Waals surface area contributed by atoms with Gasteiger partial charge in [-0.15, -0.1) is 11.8 Å². The molecule has 0 aliphatic carbocycles. The SMILES string of the molecule is O=C(CSc1ccccc1Cl)N[C@@H]1CCS(=O)(=O)C1. The second-order valence-corrected chi connectivity index (χ2v) is 8.04. The maximum absolute atomic E-state index is 11.7. The van der Waals surface area contributed by atoms with Gasteiger partial charge in [-0.05, 0) is 18.6 Å². The largest absolute Gasteiger partial charge is 0.352 e. The summed E-state index contributed by atoms with van der Waals surface area (Å²) < 4.78 is 22.5. The Bertz CT molecular complexity index is 574. The van der Waals surface area contributed by atoms with Crippen LogP contribution in [0.1, 0.15) is 6.42 Å². The molecule has 0 unspecified atom stereocenters. The molecule has 1 N–H and O–H groups in total. The first-order valence-electron chi connectivity index (χ1n) is 5.83. The van der Waals surface area contributed by atoms with Gasteiger partial charge in [0.25, 0.3) is 0 Å². The highest BCUT2D eigenvalue weighted by Gasteiger charge is 2.28. The summed E-state index contributed by atoms with van der Waals surface area (Å²) in [7, 11) is -2.96. The number of carbonyl (C=O) groups excluding carboxylic acids is 1. The molecule has 0 radical (unpaired) electrons. The van der Waals surface area contributed by atoms with Gasteiger partial charge in [0.15, 0.2) is 9.84 Å². The molecule has 0 aromatic heterocycles. The number of amides is 1. The summed E-state index contributed by atoms with van der Waals surface area (Å²) in [6.45, 7) is 0. The molecule has 2 rings (SSSR count). The Kier molecular flexibility index (Phi) is 4.76. The van der Waals surface area contributed by atoms with Crippen LogP contribution in [0.3, 0.4) is 0 Å². The molecule has 1 aromatic rings. The van der Waals surface area contributed by atoms with E-state index in [2.05, 4.69) is 5.32 Å². The van der Waals surface area contributed by atoms with Crippen molar-refractivity contribution in [1.82, 2.24) is 5.32 Å². The Labute approximate surface area is 121 Å². The quantitative estimate of drug-likeness (QED) is 0.859.